The predicted molar refractivity (Wildman–Crippen MR) is 153 cm³/mol. The second kappa shape index (κ2) is 12.6. The van der Waals surface area contributed by atoms with Crippen molar-refractivity contribution < 1.29 is 23.5 Å². The highest BCUT2D eigenvalue weighted by atomic mass is 19.1. The molecule has 1 heterocycles. The molecule has 7 heteroatoms. The molecule has 4 aromatic carbocycles. The lowest BCUT2D eigenvalue weighted by molar-refractivity contribution is -0.147. The normalized spacial score (nSPS) is 19.9. The first-order valence-electron chi connectivity index (χ1n) is 13.5. The molecule has 0 bridgehead atoms. The van der Waals surface area contributed by atoms with E-state index in [9.17, 15) is 18.8 Å². The largest absolute Gasteiger partial charge is 0.469 e. The van der Waals surface area contributed by atoms with Crippen molar-refractivity contribution in [3.63, 3.8) is 0 Å². The molecule has 1 fully saturated rings. The van der Waals surface area contributed by atoms with Gasteiger partial charge in [0.2, 0.25) is 11.8 Å². The minimum Gasteiger partial charge on any atom is -0.469 e. The Morgan fingerprint density at radius 3 is 1.90 bits per heavy atom. The number of carbonyl (C=O) groups excluding carboxylic acids is 3. The van der Waals surface area contributed by atoms with E-state index in [1.165, 1.54) is 19.2 Å². The minimum absolute atomic E-state index is 0.0569. The average Bonchev–Trinajstić information content (AvgIpc) is 3.38. The zero-order valence-electron chi connectivity index (χ0n) is 22.7. The van der Waals surface area contributed by atoms with Gasteiger partial charge in [0.1, 0.15) is 11.9 Å². The monoisotopic (exact) mass is 550 g/mol. The molecule has 4 unspecified atom stereocenters. The fourth-order valence-corrected chi connectivity index (χ4v) is 5.76. The number of hydrogen-bond donors (Lipinski definition) is 1. The van der Waals surface area contributed by atoms with Crippen molar-refractivity contribution in [3.8, 4) is 0 Å². The van der Waals surface area contributed by atoms with Crippen molar-refractivity contribution in [2.75, 3.05) is 7.11 Å². The van der Waals surface area contributed by atoms with Crippen molar-refractivity contribution >= 4 is 17.8 Å². The van der Waals surface area contributed by atoms with Crippen LogP contribution in [0.25, 0.3) is 0 Å². The van der Waals surface area contributed by atoms with Gasteiger partial charge in [-0.3, -0.25) is 14.4 Å². The maximum Gasteiger partial charge on any atom is 0.311 e. The summed E-state index contributed by atoms with van der Waals surface area (Å²) in [6.45, 7) is 0.136. The summed E-state index contributed by atoms with van der Waals surface area (Å²) < 4.78 is 18.8. The molecule has 1 N–H and O–H groups in total. The van der Waals surface area contributed by atoms with E-state index in [0.29, 0.717) is 5.56 Å². The van der Waals surface area contributed by atoms with Crippen LogP contribution in [0, 0.1) is 11.7 Å². The maximum absolute atomic E-state index is 14.2. The quantitative estimate of drug-likeness (QED) is 0.306. The molecule has 0 saturated carbocycles. The number of halogens is 1. The number of ether oxygens (including phenoxy) is 1. The Bertz CT molecular complexity index is 1480. The number of amides is 2. The molecule has 0 aliphatic carbocycles. The fourth-order valence-electron chi connectivity index (χ4n) is 5.76. The molecule has 0 radical (unpaired) electrons. The molecule has 1 aliphatic rings. The first-order valence-corrected chi connectivity index (χ1v) is 13.5. The summed E-state index contributed by atoms with van der Waals surface area (Å²) in [5, 5.41) is 2.95. The lowest BCUT2D eigenvalue weighted by Gasteiger charge is -2.31. The Balaban J connectivity index is 1.62. The zero-order chi connectivity index (χ0) is 28.8. The Labute approximate surface area is 238 Å². The van der Waals surface area contributed by atoms with Crippen molar-refractivity contribution in [3.05, 3.63) is 143 Å². The average molecular weight is 551 g/mol. The summed E-state index contributed by atoms with van der Waals surface area (Å²) in [4.78, 5) is 43.5. The lowest BCUT2D eigenvalue weighted by Crippen LogP contribution is -2.49. The van der Waals surface area contributed by atoms with Gasteiger partial charge in [0.15, 0.2) is 0 Å². The van der Waals surface area contributed by atoms with Gasteiger partial charge >= 0.3 is 5.97 Å². The molecule has 41 heavy (non-hydrogen) atoms. The molecule has 1 aliphatic heterocycles. The number of esters is 1. The Morgan fingerprint density at radius 2 is 1.32 bits per heavy atom. The van der Waals surface area contributed by atoms with Crippen molar-refractivity contribution in [2.45, 2.75) is 31.0 Å². The van der Waals surface area contributed by atoms with Crippen LogP contribution in [0.15, 0.2) is 115 Å². The Hall–Kier alpha value is -4.78. The van der Waals surface area contributed by atoms with Crippen LogP contribution in [-0.2, 0) is 32.1 Å². The summed E-state index contributed by atoms with van der Waals surface area (Å²) >= 11 is 0. The van der Waals surface area contributed by atoms with Crippen LogP contribution in [0.5, 0.6) is 0 Å². The number of likely N-dealkylation sites (tertiary alicyclic amines) is 1. The van der Waals surface area contributed by atoms with Gasteiger partial charge in [0, 0.05) is 12.5 Å². The van der Waals surface area contributed by atoms with Gasteiger partial charge in [-0.1, -0.05) is 103 Å². The van der Waals surface area contributed by atoms with E-state index in [1.54, 1.807) is 17.0 Å². The maximum atomic E-state index is 14.2. The van der Waals surface area contributed by atoms with Crippen LogP contribution >= 0.6 is 0 Å². The number of carbonyl (C=O) groups is 3. The summed E-state index contributed by atoms with van der Waals surface area (Å²) in [7, 11) is 1.32. The Kier molecular flexibility index (Phi) is 8.53. The van der Waals surface area contributed by atoms with Gasteiger partial charge < -0.3 is 15.0 Å². The number of nitrogens with zero attached hydrogens (tertiary/aromatic N) is 1. The number of benzene rings is 4. The van der Waals surface area contributed by atoms with E-state index >= 15 is 0 Å². The molecule has 208 valence electrons. The molecular formula is C34H31FN2O4. The van der Waals surface area contributed by atoms with Crippen LogP contribution in [-0.4, -0.2) is 35.8 Å². The highest BCUT2D eigenvalue weighted by molar-refractivity contribution is 5.93. The lowest BCUT2D eigenvalue weighted by atomic mass is 9.80. The highest BCUT2D eigenvalue weighted by Crippen LogP contribution is 2.50. The van der Waals surface area contributed by atoms with Gasteiger partial charge in [-0.25, -0.2) is 4.39 Å². The number of methoxy groups -OCH3 is 1. The molecule has 1 saturated heterocycles. The molecule has 6 nitrogen and oxygen atoms in total. The van der Waals surface area contributed by atoms with Crippen LogP contribution < -0.4 is 5.32 Å². The predicted octanol–water partition coefficient (Wildman–Crippen LogP) is 5.21. The van der Waals surface area contributed by atoms with E-state index in [2.05, 4.69) is 5.32 Å². The van der Waals surface area contributed by atoms with Gasteiger partial charge in [-0.2, -0.15) is 0 Å². The van der Waals surface area contributed by atoms with Gasteiger partial charge in [0.05, 0.1) is 25.5 Å². The smallest absolute Gasteiger partial charge is 0.311 e. The minimum atomic E-state index is -1.01. The van der Waals surface area contributed by atoms with Crippen molar-refractivity contribution in [1.29, 1.82) is 0 Å². The van der Waals surface area contributed by atoms with E-state index in [-0.39, 0.29) is 24.7 Å². The van der Waals surface area contributed by atoms with Gasteiger partial charge in [-0.15, -0.1) is 0 Å². The SMILES string of the molecule is COC(=O)C1C(c2ccccc2)C(C(=O)NCc2ccc(F)cc2)N(C(=O)Cc2ccccc2)C1c1ccccc1. The Morgan fingerprint density at radius 1 is 0.756 bits per heavy atom. The fraction of sp³-hybridized carbons (Fsp3) is 0.206. The van der Waals surface area contributed by atoms with E-state index in [4.69, 9.17) is 4.74 Å². The zero-order valence-corrected chi connectivity index (χ0v) is 22.7. The molecule has 4 atom stereocenters. The molecule has 0 spiro atoms. The molecule has 0 aromatic heterocycles. The molecular weight excluding hydrogens is 519 g/mol. The first kappa shape index (κ1) is 27.8. The van der Waals surface area contributed by atoms with Crippen LogP contribution in [0.1, 0.15) is 34.2 Å². The second-order valence-electron chi connectivity index (χ2n) is 10.1. The van der Waals surface area contributed by atoms with Crippen molar-refractivity contribution in [2.24, 2.45) is 5.92 Å². The first-order chi connectivity index (χ1) is 20.0. The third kappa shape index (κ3) is 6.04. The number of rotatable bonds is 8. The summed E-state index contributed by atoms with van der Waals surface area (Å²) in [6.07, 6.45) is 0.0569. The molecule has 4 aromatic rings. The standard InChI is InChI=1S/C34H31FN2O4/c1-41-34(40)30-29(25-13-7-3-8-14-25)32(33(39)36-22-24-17-19-27(35)20-18-24)37(31(30)26-15-9-4-10-16-26)28(38)21-23-11-5-2-6-12-23/h2-20,29-32H,21-22H2,1H3,(H,36,39). The van der Waals surface area contributed by atoms with E-state index in [0.717, 1.165) is 16.7 Å². The topological polar surface area (TPSA) is 75.7 Å². The summed E-state index contributed by atoms with van der Waals surface area (Å²) in [6, 6.07) is 32.0. The summed E-state index contributed by atoms with van der Waals surface area (Å²) in [5.74, 6) is -3.08. The van der Waals surface area contributed by atoms with E-state index in [1.807, 2.05) is 91.0 Å². The van der Waals surface area contributed by atoms with Gasteiger partial charge in [0.25, 0.3) is 0 Å². The second-order valence-corrected chi connectivity index (χ2v) is 10.1. The highest BCUT2D eigenvalue weighted by Gasteiger charge is 2.57. The number of hydrogen-bond acceptors (Lipinski definition) is 4. The van der Waals surface area contributed by atoms with Gasteiger partial charge in [-0.05, 0) is 34.4 Å². The summed E-state index contributed by atoms with van der Waals surface area (Å²) in [5.41, 5.74) is 2.99. The van der Waals surface area contributed by atoms with Crippen LogP contribution in [0.4, 0.5) is 4.39 Å². The van der Waals surface area contributed by atoms with Crippen LogP contribution in [0.2, 0.25) is 0 Å². The number of nitrogens with one attached hydrogen (secondary N) is 1. The molecule has 5 rings (SSSR count). The molecule has 2 amide bonds. The third-order valence-corrected chi connectivity index (χ3v) is 7.60. The van der Waals surface area contributed by atoms with Crippen LogP contribution in [0.3, 0.4) is 0 Å². The van der Waals surface area contributed by atoms with E-state index < -0.39 is 35.8 Å². The third-order valence-electron chi connectivity index (χ3n) is 7.60. The van der Waals surface area contributed by atoms with Crippen molar-refractivity contribution in [1.82, 2.24) is 10.2 Å².